The molecule has 0 saturated carbocycles. The van der Waals surface area contributed by atoms with Gasteiger partial charge in [0.25, 0.3) is 0 Å². The van der Waals surface area contributed by atoms with Crippen molar-refractivity contribution < 1.29 is 9.47 Å². The van der Waals surface area contributed by atoms with Gasteiger partial charge in [-0.05, 0) is 30.2 Å². The van der Waals surface area contributed by atoms with E-state index in [9.17, 15) is 0 Å². The van der Waals surface area contributed by atoms with Crippen LogP contribution < -0.4 is 9.47 Å². The summed E-state index contributed by atoms with van der Waals surface area (Å²) < 4.78 is 11.3. The average Bonchev–Trinajstić information content (AvgIpc) is 2.58. The molecular formula is C19H15Cl5O2. The summed E-state index contributed by atoms with van der Waals surface area (Å²) in [7, 11) is 0. The predicted octanol–water partition coefficient (Wildman–Crippen LogP) is 7.83. The number of benzene rings is 2. The Hall–Kier alpha value is -1.03. The van der Waals surface area contributed by atoms with Gasteiger partial charge in [-0.3, -0.25) is 0 Å². The van der Waals surface area contributed by atoms with Gasteiger partial charge in [0.05, 0.1) is 16.7 Å². The third kappa shape index (κ3) is 7.30. The predicted molar refractivity (Wildman–Crippen MR) is 112 cm³/mol. The van der Waals surface area contributed by atoms with Gasteiger partial charge in [0, 0.05) is 17.2 Å². The second-order valence-corrected chi connectivity index (χ2v) is 7.37. The molecule has 0 unspecified atom stereocenters. The van der Waals surface area contributed by atoms with Crippen molar-refractivity contribution in [3.63, 3.8) is 0 Å². The van der Waals surface area contributed by atoms with Crippen molar-refractivity contribution >= 4 is 64.1 Å². The quantitative estimate of drug-likeness (QED) is 0.380. The second-order valence-electron chi connectivity index (χ2n) is 5.11. The molecule has 2 rings (SSSR count). The first-order valence-electron chi connectivity index (χ1n) is 7.63. The Morgan fingerprint density at radius 3 is 2.19 bits per heavy atom. The summed E-state index contributed by atoms with van der Waals surface area (Å²) in [5.41, 5.74) is 1.07. The molecule has 0 spiro atoms. The highest BCUT2D eigenvalue weighted by molar-refractivity contribution is 6.55. The van der Waals surface area contributed by atoms with Crippen molar-refractivity contribution in [2.24, 2.45) is 0 Å². The molecule has 0 aliphatic rings. The van der Waals surface area contributed by atoms with Crippen LogP contribution in [-0.4, -0.2) is 13.2 Å². The summed E-state index contributed by atoms with van der Waals surface area (Å²) in [5.74, 6) is 0.923. The third-order valence-electron chi connectivity index (χ3n) is 3.17. The monoisotopic (exact) mass is 450 g/mol. The molecule has 0 radical (unpaired) electrons. The molecule has 0 atom stereocenters. The van der Waals surface area contributed by atoms with E-state index >= 15 is 0 Å². The van der Waals surface area contributed by atoms with Crippen LogP contribution >= 0.6 is 58.0 Å². The molecule has 0 aliphatic heterocycles. The maximum Gasteiger partial charge on any atom is 0.156 e. The van der Waals surface area contributed by atoms with Gasteiger partial charge in [-0.15, -0.1) is 0 Å². The topological polar surface area (TPSA) is 18.5 Å². The summed E-state index contributed by atoms with van der Waals surface area (Å²) in [6, 6.07) is 10.8. The van der Waals surface area contributed by atoms with Gasteiger partial charge in [-0.2, -0.15) is 0 Å². The molecule has 7 heteroatoms. The Labute approximate surface area is 177 Å². The van der Waals surface area contributed by atoms with Crippen LogP contribution in [0.15, 0.2) is 53.0 Å². The highest BCUT2D eigenvalue weighted by atomic mass is 35.5. The maximum absolute atomic E-state index is 6.21. The Morgan fingerprint density at radius 1 is 0.923 bits per heavy atom. The lowest BCUT2D eigenvalue weighted by Gasteiger charge is -2.11. The number of halogens is 5. The lowest BCUT2D eigenvalue weighted by atomic mass is 10.2. The molecule has 0 amide bonds. The van der Waals surface area contributed by atoms with Crippen LogP contribution in [0.3, 0.4) is 0 Å². The Bertz CT molecular complexity index is 758. The molecule has 0 aliphatic carbocycles. The van der Waals surface area contributed by atoms with E-state index in [0.29, 0.717) is 39.6 Å². The first-order valence-corrected chi connectivity index (χ1v) is 9.52. The smallest absolute Gasteiger partial charge is 0.156 e. The third-order valence-corrected chi connectivity index (χ3v) is 4.29. The summed E-state index contributed by atoms with van der Waals surface area (Å²) in [5, 5.41) is 1.45. The van der Waals surface area contributed by atoms with Gasteiger partial charge < -0.3 is 9.47 Å². The molecule has 0 bridgehead atoms. The van der Waals surface area contributed by atoms with Gasteiger partial charge in [0.1, 0.15) is 16.8 Å². The molecule has 2 aromatic carbocycles. The normalized spacial score (nSPS) is 10.8. The zero-order chi connectivity index (χ0) is 18.9. The number of ether oxygens (including phenoxy) is 2. The van der Waals surface area contributed by atoms with Crippen LogP contribution in [0.25, 0.3) is 6.08 Å². The van der Waals surface area contributed by atoms with Crippen LogP contribution in [0.1, 0.15) is 12.0 Å². The Kier molecular flexibility index (Phi) is 8.97. The van der Waals surface area contributed by atoms with E-state index in [1.807, 2.05) is 36.4 Å². The fourth-order valence-corrected chi connectivity index (χ4v) is 2.81. The first kappa shape index (κ1) is 21.3. The van der Waals surface area contributed by atoms with Crippen molar-refractivity contribution in [1.29, 1.82) is 0 Å². The van der Waals surface area contributed by atoms with Crippen molar-refractivity contribution in [3.05, 3.63) is 73.7 Å². The number of rotatable bonds is 8. The van der Waals surface area contributed by atoms with Gasteiger partial charge in [0.15, 0.2) is 5.75 Å². The van der Waals surface area contributed by atoms with Crippen LogP contribution in [0.2, 0.25) is 15.1 Å². The minimum absolute atomic E-state index is 0.133. The standard InChI is InChI=1S/C19H15Cl5O2/c20-14-6-4-13(5-7-14)3-1-2-9-26-19-16(21)11-15(12-17(19)22)25-10-8-18(23)24/h1,3-8,11-12H,2,9-10H2. The van der Waals surface area contributed by atoms with Crippen LogP contribution in [0.4, 0.5) is 0 Å². The van der Waals surface area contributed by atoms with E-state index < -0.39 is 0 Å². The summed E-state index contributed by atoms with van der Waals surface area (Å²) in [4.78, 5) is 0. The van der Waals surface area contributed by atoms with E-state index in [2.05, 4.69) is 0 Å². The number of hydrogen-bond acceptors (Lipinski definition) is 2. The largest absolute Gasteiger partial charge is 0.490 e. The first-order chi connectivity index (χ1) is 12.5. The summed E-state index contributed by atoms with van der Waals surface area (Å²) in [6.45, 7) is 0.652. The molecule has 0 aromatic heterocycles. The molecule has 2 nitrogen and oxygen atoms in total. The highest BCUT2D eigenvalue weighted by Crippen LogP contribution is 2.37. The Balaban J connectivity index is 1.87. The molecule has 2 aromatic rings. The molecule has 0 N–H and O–H groups in total. The molecule has 0 fully saturated rings. The van der Waals surface area contributed by atoms with Gasteiger partial charge in [0.2, 0.25) is 0 Å². The summed E-state index contributed by atoms with van der Waals surface area (Å²) in [6.07, 6.45) is 6.22. The molecule has 26 heavy (non-hydrogen) atoms. The van der Waals surface area contributed by atoms with E-state index in [4.69, 9.17) is 67.5 Å². The van der Waals surface area contributed by atoms with Crippen LogP contribution in [0, 0.1) is 0 Å². The SMILES string of the molecule is ClC(Cl)=CCOc1cc(Cl)c(OCCC=Cc2ccc(Cl)cc2)c(Cl)c1. The van der Waals surface area contributed by atoms with Crippen molar-refractivity contribution in [2.75, 3.05) is 13.2 Å². The number of hydrogen-bond donors (Lipinski definition) is 0. The zero-order valence-corrected chi connectivity index (χ0v) is 17.3. The maximum atomic E-state index is 6.21. The highest BCUT2D eigenvalue weighted by Gasteiger charge is 2.10. The molecule has 0 heterocycles. The fourth-order valence-electron chi connectivity index (χ4n) is 1.98. The molecule has 0 saturated heterocycles. The van der Waals surface area contributed by atoms with Crippen LogP contribution in [0.5, 0.6) is 11.5 Å². The van der Waals surface area contributed by atoms with Crippen molar-refractivity contribution in [3.8, 4) is 11.5 Å². The van der Waals surface area contributed by atoms with Gasteiger partial charge >= 0.3 is 0 Å². The molecular weight excluding hydrogens is 437 g/mol. The second kappa shape index (κ2) is 11.0. The van der Waals surface area contributed by atoms with Gasteiger partial charge in [-0.25, -0.2) is 0 Å². The average molecular weight is 453 g/mol. The van der Waals surface area contributed by atoms with E-state index in [-0.39, 0.29) is 11.1 Å². The van der Waals surface area contributed by atoms with E-state index in [0.717, 1.165) is 5.56 Å². The van der Waals surface area contributed by atoms with Gasteiger partial charge in [-0.1, -0.05) is 82.3 Å². The summed E-state index contributed by atoms with van der Waals surface area (Å²) >= 11 is 29.3. The molecule has 138 valence electrons. The van der Waals surface area contributed by atoms with Crippen molar-refractivity contribution in [2.45, 2.75) is 6.42 Å². The van der Waals surface area contributed by atoms with E-state index in [1.165, 1.54) is 6.08 Å². The lowest BCUT2D eigenvalue weighted by Crippen LogP contribution is -1.99. The Morgan fingerprint density at radius 2 is 1.58 bits per heavy atom. The lowest BCUT2D eigenvalue weighted by molar-refractivity contribution is 0.323. The minimum atomic E-state index is 0.133. The van der Waals surface area contributed by atoms with E-state index in [1.54, 1.807) is 12.1 Å². The fraction of sp³-hybridized carbons (Fsp3) is 0.158. The van der Waals surface area contributed by atoms with Crippen molar-refractivity contribution in [1.82, 2.24) is 0 Å². The minimum Gasteiger partial charge on any atom is -0.490 e. The zero-order valence-electron chi connectivity index (χ0n) is 13.5. The van der Waals surface area contributed by atoms with Crippen LogP contribution in [-0.2, 0) is 0 Å².